The number of benzene rings is 2. The molecule has 1 aliphatic heterocycles. The van der Waals surface area contributed by atoms with Crippen LogP contribution in [0.4, 0.5) is 11.4 Å². The normalized spacial score (nSPS) is 14.6. The molecule has 0 bridgehead atoms. The average molecular weight is 368 g/mol. The van der Waals surface area contributed by atoms with E-state index < -0.39 is 16.8 Å². The Morgan fingerprint density at radius 3 is 2.48 bits per heavy atom. The lowest BCUT2D eigenvalue weighted by molar-refractivity contribution is -0.384. The van der Waals surface area contributed by atoms with Crippen molar-refractivity contribution in [2.45, 2.75) is 13.8 Å². The molecule has 8 nitrogen and oxygen atoms in total. The van der Waals surface area contributed by atoms with Crippen LogP contribution in [0.3, 0.4) is 0 Å². The molecule has 0 N–H and O–H groups in total. The zero-order valence-corrected chi connectivity index (χ0v) is 14.7. The number of hydrogen-bond donors (Lipinski definition) is 0. The van der Waals surface area contributed by atoms with Crippen molar-refractivity contribution in [2.24, 2.45) is 0 Å². The quantitative estimate of drug-likeness (QED) is 0.347. The Bertz CT molecular complexity index is 952. The second kappa shape index (κ2) is 7.28. The minimum Gasteiger partial charge on any atom is -0.492 e. The van der Waals surface area contributed by atoms with Crippen molar-refractivity contribution in [2.75, 3.05) is 11.7 Å². The maximum absolute atomic E-state index is 13.0. The minimum absolute atomic E-state index is 0.118. The van der Waals surface area contributed by atoms with Gasteiger partial charge in [-0.3, -0.25) is 14.9 Å². The number of nitro benzene ring substituents is 1. The lowest BCUT2D eigenvalue weighted by Gasteiger charge is -2.15. The van der Waals surface area contributed by atoms with E-state index in [-0.39, 0.29) is 16.9 Å². The first kappa shape index (κ1) is 18.1. The molecule has 8 heteroatoms. The number of carbonyl (C=O) groups is 2. The van der Waals surface area contributed by atoms with Crippen molar-refractivity contribution in [1.82, 2.24) is 0 Å². The number of nitro groups is 1. The van der Waals surface area contributed by atoms with Gasteiger partial charge in [0.1, 0.15) is 5.76 Å². The van der Waals surface area contributed by atoms with Crippen LogP contribution in [0, 0.1) is 10.1 Å². The van der Waals surface area contributed by atoms with E-state index in [9.17, 15) is 19.7 Å². The summed E-state index contributed by atoms with van der Waals surface area (Å²) in [7, 11) is 0. The van der Waals surface area contributed by atoms with Gasteiger partial charge in [0, 0.05) is 30.2 Å². The zero-order chi connectivity index (χ0) is 19.6. The van der Waals surface area contributed by atoms with E-state index >= 15 is 0 Å². The van der Waals surface area contributed by atoms with E-state index in [0.717, 1.165) is 12.0 Å². The summed E-state index contributed by atoms with van der Waals surface area (Å²) in [6, 6.07) is 12.9. The summed E-state index contributed by atoms with van der Waals surface area (Å²) in [6.07, 6.45) is 0. The fraction of sp³-hybridized carbons (Fsp3) is 0.158. The van der Waals surface area contributed by atoms with Crippen molar-refractivity contribution >= 4 is 34.6 Å². The van der Waals surface area contributed by atoms with E-state index in [1.807, 2.05) is 6.07 Å². The Balaban J connectivity index is 2.26. The van der Waals surface area contributed by atoms with Crippen LogP contribution in [0.15, 0.2) is 48.5 Å². The van der Waals surface area contributed by atoms with Crippen molar-refractivity contribution in [1.29, 1.82) is 0 Å². The molecule has 0 aliphatic carbocycles. The highest BCUT2D eigenvalue weighted by molar-refractivity contribution is 6.36. The van der Waals surface area contributed by atoms with Gasteiger partial charge in [0.15, 0.2) is 0 Å². The molecule has 0 spiro atoms. The predicted molar refractivity (Wildman–Crippen MR) is 97.2 cm³/mol. The van der Waals surface area contributed by atoms with Crippen LogP contribution in [0.1, 0.15) is 25.0 Å². The molecular formula is C19H16N2O6. The highest BCUT2D eigenvalue weighted by Crippen LogP contribution is 2.43. The molecule has 0 aromatic heterocycles. The molecule has 138 valence electrons. The van der Waals surface area contributed by atoms with Gasteiger partial charge in [0.25, 0.3) is 11.6 Å². The third kappa shape index (κ3) is 3.37. The van der Waals surface area contributed by atoms with Gasteiger partial charge < -0.3 is 9.57 Å². The SMILES string of the molecule is CCO/C(=C1/C(=O)N(OC(C)=O)c2cc([N+](=O)[O-])ccc21)c1ccccc1. The highest BCUT2D eigenvalue weighted by atomic mass is 16.7. The summed E-state index contributed by atoms with van der Waals surface area (Å²) in [4.78, 5) is 40.0. The Morgan fingerprint density at radius 1 is 1.19 bits per heavy atom. The maximum Gasteiger partial charge on any atom is 0.330 e. The van der Waals surface area contributed by atoms with E-state index in [1.54, 1.807) is 31.2 Å². The van der Waals surface area contributed by atoms with Crippen LogP contribution in [-0.2, 0) is 19.2 Å². The van der Waals surface area contributed by atoms with Gasteiger partial charge in [-0.2, -0.15) is 0 Å². The van der Waals surface area contributed by atoms with Crippen molar-refractivity contribution in [3.8, 4) is 0 Å². The van der Waals surface area contributed by atoms with Gasteiger partial charge in [-0.25, -0.2) is 4.79 Å². The van der Waals surface area contributed by atoms with Crippen LogP contribution in [-0.4, -0.2) is 23.4 Å². The highest BCUT2D eigenvalue weighted by Gasteiger charge is 2.39. The van der Waals surface area contributed by atoms with Gasteiger partial charge in [0.05, 0.1) is 22.8 Å². The first-order valence-electron chi connectivity index (χ1n) is 8.18. The summed E-state index contributed by atoms with van der Waals surface area (Å²) < 4.78 is 5.73. The van der Waals surface area contributed by atoms with Crippen LogP contribution in [0.2, 0.25) is 0 Å². The molecule has 0 saturated carbocycles. The second-order valence-corrected chi connectivity index (χ2v) is 5.64. The van der Waals surface area contributed by atoms with Crippen molar-refractivity contribution in [3.05, 3.63) is 69.8 Å². The summed E-state index contributed by atoms with van der Waals surface area (Å²) in [5.74, 6) is -1.04. The zero-order valence-electron chi connectivity index (χ0n) is 14.7. The maximum atomic E-state index is 13.0. The molecule has 2 aromatic carbocycles. The lowest BCUT2D eigenvalue weighted by atomic mass is 10.0. The molecule has 0 radical (unpaired) electrons. The van der Waals surface area contributed by atoms with Crippen LogP contribution in [0.5, 0.6) is 0 Å². The van der Waals surface area contributed by atoms with Crippen LogP contribution >= 0.6 is 0 Å². The van der Waals surface area contributed by atoms with E-state index in [1.165, 1.54) is 18.2 Å². The largest absolute Gasteiger partial charge is 0.492 e. The van der Waals surface area contributed by atoms with E-state index in [2.05, 4.69) is 0 Å². The number of non-ortho nitro benzene ring substituents is 1. The Labute approximate surface area is 154 Å². The smallest absolute Gasteiger partial charge is 0.330 e. The van der Waals surface area contributed by atoms with E-state index in [4.69, 9.17) is 9.57 Å². The van der Waals surface area contributed by atoms with Crippen LogP contribution in [0.25, 0.3) is 11.3 Å². The number of nitrogens with zero attached hydrogens (tertiary/aromatic N) is 2. The molecule has 0 unspecified atom stereocenters. The number of hydrogen-bond acceptors (Lipinski definition) is 6. The molecule has 0 atom stereocenters. The fourth-order valence-corrected chi connectivity index (χ4v) is 2.81. The predicted octanol–water partition coefficient (Wildman–Crippen LogP) is 3.32. The molecule has 3 rings (SSSR count). The van der Waals surface area contributed by atoms with Gasteiger partial charge in [0.2, 0.25) is 0 Å². The second-order valence-electron chi connectivity index (χ2n) is 5.64. The first-order chi connectivity index (χ1) is 12.9. The minimum atomic E-state index is -0.722. The lowest BCUT2D eigenvalue weighted by Crippen LogP contribution is -2.29. The number of anilines is 1. The van der Waals surface area contributed by atoms with Gasteiger partial charge in [-0.05, 0) is 13.0 Å². The molecule has 0 saturated heterocycles. The molecular weight excluding hydrogens is 352 g/mol. The van der Waals surface area contributed by atoms with Crippen molar-refractivity contribution in [3.63, 3.8) is 0 Å². The molecule has 0 fully saturated rings. The average Bonchev–Trinajstić information content (AvgIpc) is 2.91. The van der Waals surface area contributed by atoms with Gasteiger partial charge in [-0.1, -0.05) is 30.3 Å². The first-order valence-corrected chi connectivity index (χ1v) is 8.18. The number of rotatable bonds is 5. The van der Waals surface area contributed by atoms with Gasteiger partial charge in [-0.15, -0.1) is 5.06 Å². The van der Waals surface area contributed by atoms with Crippen LogP contribution < -0.4 is 5.06 Å². The number of hydroxylamine groups is 1. The van der Waals surface area contributed by atoms with Crippen molar-refractivity contribution < 1.29 is 24.1 Å². The third-order valence-corrected chi connectivity index (χ3v) is 3.85. The molecule has 1 aliphatic rings. The summed E-state index contributed by atoms with van der Waals surface area (Å²) >= 11 is 0. The molecule has 2 aromatic rings. The molecule has 27 heavy (non-hydrogen) atoms. The summed E-state index contributed by atoms with van der Waals surface area (Å²) in [6.45, 7) is 3.23. The fourth-order valence-electron chi connectivity index (χ4n) is 2.81. The van der Waals surface area contributed by atoms with E-state index in [0.29, 0.717) is 23.5 Å². The third-order valence-electron chi connectivity index (χ3n) is 3.85. The topological polar surface area (TPSA) is 99.0 Å². The Morgan fingerprint density at radius 2 is 1.89 bits per heavy atom. The number of fused-ring (bicyclic) bond motifs is 1. The number of carbonyl (C=O) groups excluding carboxylic acids is 2. The number of ether oxygens (including phenoxy) is 1. The Kier molecular flexibility index (Phi) is 4.89. The summed E-state index contributed by atoms with van der Waals surface area (Å²) in [5.41, 5.74) is 1.12. The Hall–Kier alpha value is -3.68. The van der Waals surface area contributed by atoms with Gasteiger partial charge >= 0.3 is 5.97 Å². The molecule has 1 heterocycles. The monoisotopic (exact) mass is 368 g/mol. The number of amides is 1. The molecule has 1 amide bonds. The standard InChI is InChI=1S/C19H16N2O6/c1-3-26-18(13-7-5-4-6-8-13)17-15-10-9-14(21(24)25)11-16(15)20(19(17)23)27-12(2)22/h4-11H,3H2,1-2H3/b18-17+. The summed E-state index contributed by atoms with van der Waals surface area (Å²) in [5, 5.41) is 11.9.